The van der Waals surface area contributed by atoms with Gasteiger partial charge in [0.1, 0.15) is 0 Å². The van der Waals surface area contributed by atoms with E-state index in [1.54, 1.807) is 21.9 Å². The van der Waals surface area contributed by atoms with Crippen molar-refractivity contribution in [1.29, 1.82) is 0 Å². The van der Waals surface area contributed by atoms with E-state index in [1.165, 1.54) is 11.3 Å². The molecule has 8 heteroatoms. The summed E-state index contributed by atoms with van der Waals surface area (Å²) in [7, 11) is 0. The number of piperazine rings is 1. The van der Waals surface area contributed by atoms with Crippen LogP contribution in [-0.2, 0) is 0 Å². The lowest BCUT2D eigenvalue weighted by molar-refractivity contribution is 0.0635. The van der Waals surface area contributed by atoms with Gasteiger partial charge in [-0.05, 0) is 31.2 Å². The molecule has 1 fully saturated rings. The Bertz CT molecular complexity index is 939. The Balaban J connectivity index is 1.44. The molecule has 4 rings (SSSR count). The Morgan fingerprint density at radius 1 is 1.11 bits per heavy atom. The summed E-state index contributed by atoms with van der Waals surface area (Å²) in [6, 6.07) is 11.3. The van der Waals surface area contributed by atoms with Crippen LogP contribution in [0.1, 0.15) is 17.5 Å². The molecular formula is C19H20N4O3S. The van der Waals surface area contributed by atoms with Gasteiger partial charge in [0.25, 0.3) is 5.91 Å². The van der Waals surface area contributed by atoms with Gasteiger partial charge in [0.05, 0.1) is 10.2 Å². The molecule has 0 spiro atoms. The first-order chi connectivity index (χ1) is 13.2. The molecule has 1 aliphatic rings. The lowest BCUT2D eigenvalue weighted by atomic mass is 10.3. The molecule has 0 aliphatic carbocycles. The molecule has 0 unspecified atom stereocenters. The minimum absolute atomic E-state index is 0.0827. The molecule has 0 atom stereocenters. The van der Waals surface area contributed by atoms with Crippen LogP contribution in [0, 0.1) is 0 Å². The van der Waals surface area contributed by atoms with Crippen molar-refractivity contribution in [3.8, 4) is 10.8 Å². The number of urea groups is 1. The normalized spacial score (nSPS) is 14.6. The Kier molecular flexibility index (Phi) is 4.81. The number of furan rings is 1. The lowest BCUT2D eigenvalue weighted by Gasteiger charge is -2.34. The molecule has 3 heterocycles. The van der Waals surface area contributed by atoms with Gasteiger partial charge in [0.15, 0.2) is 16.5 Å². The van der Waals surface area contributed by atoms with Gasteiger partial charge in [0, 0.05) is 32.7 Å². The highest BCUT2D eigenvalue weighted by molar-refractivity contribution is 7.21. The fourth-order valence-electron chi connectivity index (χ4n) is 3.08. The summed E-state index contributed by atoms with van der Waals surface area (Å²) in [5.74, 6) is 0.745. The van der Waals surface area contributed by atoms with Gasteiger partial charge in [-0.25, -0.2) is 9.78 Å². The molecule has 0 saturated carbocycles. The molecule has 27 heavy (non-hydrogen) atoms. The van der Waals surface area contributed by atoms with Crippen LogP contribution in [-0.4, -0.2) is 59.4 Å². The van der Waals surface area contributed by atoms with E-state index < -0.39 is 0 Å². The number of nitrogens with one attached hydrogen (secondary N) is 1. The number of amides is 3. The van der Waals surface area contributed by atoms with Gasteiger partial charge in [-0.2, -0.15) is 0 Å². The Morgan fingerprint density at radius 3 is 2.59 bits per heavy atom. The minimum atomic E-state index is -0.155. The second-order valence-corrected chi connectivity index (χ2v) is 7.30. The average molecular weight is 384 g/mol. The average Bonchev–Trinajstić information content (AvgIpc) is 3.34. The molecule has 7 nitrogen and oxygen atoms in total. The third-order valence-corrected chi connectivity index (χ3v) is 5.55. The second-order valence-electron chi connectivity index (χ2n) is 6.27. The zero-order chi connectivity index (χ0) is 18.8. The molecule has 3 aromatic rings. The monoisotopic (exact) mass is 384 g/mol. The van der Waals surface area contributed by atoms with E-state index in [9.17, 15) is 9.59 Å². The number of para-hydroxylation sites is 1. The number of carbonyl (C=O) groups excluding carboxylic acids is 2. The molecular weight excluding hydrogens is 364 g/mol. The van der Waals surface area contributed by atoms with Crippen molar-refractivity contribution in [1.82, 2.24) is 20.1 Å². The summed E-state index contributed by atoms with van der Waals surface area (Å²) >= 11 is 1.54. The van der Waals surface area contributed by atoms with E-state index in [1.807, 2.05) is 31.2 Å². The summed E-state index contributed by atoms with van der Waals surface area (Å²) in [6.45, 7) is 4.50. The van der Waals surface area contributed by atoms with Crippen LogP contribution in [0.15, 0.2) is 40.8 Å². The zero-order valence-electron chi connectivity index (χ0n) is 15.0. The fourth-order valence-corrected chi connectivity index (χ4v) is 4.00. The summed E-state index contributed by atoms with van der Waals surface area (Å²) < 4.78 is 6.87. The number of aromatic nitrogens is 1. The predicted octanol–water partition coefficient (Wildman–Crippen LogP) is 3.04. The minimum Gasteiger partial charge on any atom is -0.448 e. The maximum Gasteiger partial charge on any atom is 0.317 e. The van der Waals surface area contributed by atoms with Crippen molar-refractivity contribution in [2.45, 2.75) is 6.92 Å². The standard InChI is InChI=1S/C19H20N4O3S/c1-2-20-19(25)23-11-9-22(10-12-23)18(24)15-8-7-14(26-15)17-21-13-5-3-4-6-16(13)27-17/h3-8H,2,9-12H2,1H3,(H,20,25). The first kappa shape index (κ1) is 17.5. The van der Waals surface area contributed by atoms with Gasteiger partial charge >= 0.3 is 6.03 Å². The predicted molar refractivity (Wildman–Crippen MR) is 104 cm³/mol. The van der Waals surface area contributed by atoms with Gasteiger partial charge in [-0.3, -0.25) is 4.79 Å². The number of rotatable bonds is 3. The first-order valence-corrected chi connectivity index (χ1v) is 9.75. The molecule has 0 radical (unpaired) electrons. The number of benzene rings is 1. The molecule has 3 amide bonds. The van der Waals surface area contributed by atoms with Crippen molar-refractivity contribution in [2.24, 2.45) is 0 Å². The number of thiazole rings is 1. The number of carbonyl (C=O) groups is 2. The largest absolute Gasteiger partial charge is 0.448 e. The number of nitrogens with zero attached hydrogens (tertiary/aromatic N) is 3. The molecule has 0 bridgehead atoms. The van der Waals surface area contributed by atoms with Crippen LogP contribution in [0.4, 0.5) is 4.79 Å². The Morgan fingerprint density at radius 2 is 1.85 bits per heavy atom. The van der Waals surface area contributed by atoms with Crippen LogP contribution in [0.3, 0.4) is 0 Å². The van der Waals surface area contributed by atoms with E-state index in [0.29, 0.717) is 44.2 Å². The highest BCUT2D eigenvalue weighted by Gasteiger charge is 2.26. The molecule has 140 valence electrons. The van der Waals surface area contributed by atoms with Crippen molar-refractivity contribution in [3.63, 3.8) is 0 Å². The van der Waals surface area contributed by atoms with Crippen molar-refractivity contribution in [3.05, 3.63) is 42.2 Å². The third-order valence-electron chi connectivity index (χ3n) is 4.50. The van der Waals surface area contributed by atoms with Crippen LogP contribution in [0.5, 0.6) is 0 Å². The first-order valence-electron chi connectivity index (χ1n) is 8.93. The lowest BCUT2D eigenvalue weighted by Crippen LogP contribution is -2.53. The Labute approximate surface area is 160 Å². The molecule has 1 saturated heterocycles. The van der Waals surface area contributed by atoms with Gasteiger partial charge < -0.3 is 19.5 Å². The molecule has 1 aromatic carbocycles. The highest BCUT2D eigenvalue weighted by Crippen LogP contribution is 2.31. The third kappa shape index (κ3) is 3.52. The summed E-state index contributed by atoms with van der Waals surface area (Å²) in [6.07, 6.45) is 0. The van der Waals surface area contributed by atoms with E-state index in [2.05, 4.69) is 10.3 Å². The Hall–Kier alpha value is -2.87. The van der Waals surface area contributed by atoms with Crippen LogP contribution in [0.25, 0.3) is 21.0 Å². The number of hydrogen-bond acceptors (Lipinski definition) is 5. The van der Waals surface area contributed by atoms with Gasteiger partial charge in [0.2, 0.25) is 0 Å². The van der Waals surface area contributed by atoms with Crippen LogP contribution in [0.2, 0.25) is 0 Å². The SMILES string of the molecule is CCNC(=O)N1CCN(C(=O)c2ccc(-c3nc4ccccc4s3)o2)CC1. The quantitative estimate of drug-likeness (QED) is 0.753. The number of fused-ring (bicyclic) bond motifs is 1. The molecule has 1 aliphatic heterocycles. The van der Waals surface area contributed by atoms with Gasteiger partial charge in [-0.1, -0.05) is 12.1 Å². The van der Waals surface area contributed by atoms with Crippen molar-refractivity contribution >= 4 is 33.5 Å². The topological polar surface area (TPSA) is 78.7 Å². The van der Waals surface area contributed by atoms with Crippen molar-refractivity contribution < 1.29 is 14.0 Å². The second kappa shape index (κ2) is 7.40. The summed E-state index contributed by atoms with van der Waals surface area (Å²) in [5.41, 5.74) is 0.920. The maximum atomic E-state index is 12.7. The van der Waals surface area contributed by atoms with Crippen molar-refractivity contribution in [2.75, 3.05) is 32.7 Å². The fraction of sp³-hybridized carbons (Fsp3) is 0.316. The molecule has 1 N–H and O–H groups in total. The summed E-state index contributed by atoms with van der Waals surface area (Å²) in [5, 5.41) is 3.54. The highest BCUT2D eigenvalue weighted by atomic mass is 32.1. The van der Waals surface area contributed by atoms with Crippen LogP contribution >= 0.6 is 11.3 Å². The van der Waals surface area contributed by atoms with Gasteiger partial charge in [-0.15, -0.1) is 11.3 Å². The zero-order valence-corrected chi connectivity index (χ0v) is 15.8. The smallest absolute Gasteiger partial charge is 0.317 e. The number of hydrogen-bond donors (Lipinski definition) is 1. The van der Waals surface area contributed by atoms with E-state index >= 15 is 0 Å². The maximum absolute atomic E-state index is 12.7. The van der Waals surface area contributed by atoms with E-state index in [0.717, 1.165) is 15.2 Å². The van der Waals surface area contributed by atoms with Crippen LogP contribution < -0.4 is 5.32 Å². The summed E-state index contributed by atoms with van der Waals surface area (Å²) in [4.78, 5) is 32.6. The molecule has 2 aromatic heterocycles. The van der Waals surface area contributed by atoms with E-state index in [4.69, 9.17) is 4.42 Å². The van der Waals surface area contributed by atoms with E-state index in [-0.39, 0.29) is 11.9 Å².